The third-order valence-corrected chi connectivity index (χ3v) is 12.3. The second-order valence-electron chi connectivity index (χ2n) is 15.2. The van der Waals surface area contributed by atoms with Crippen molar-refractivity contribution in [3.05, 3.63) is 179 Å². The summed E-state index contributed by atoms with van der Waals surface area (Å²) in [4.78, 5) is 5.44. The quantitative estimate of drug-likeness (QED) is 0.274. The number of benzene rings is 2. The van der Waals surface area contributed by atoms with Gasteiger partial charge in [0.2, 0.25) is 0 Å². The molecule has 0 radical (unpaired) electrons. The summed E-state index contributed by atoms with van der Waals surface area (Å²) < 4.78 is 0. The van der Waals surface area contributed by atoms with Gasteiger partial charge in [0.25, 0.3) is 0 Å². The Morgan fingerprint density at radius 2 is 1.56 bits per heavy atom. The first-order chi connectivity index (χ1) is 24.8. The lowest BCUT2D eigenvalue weighted by Crippen LogP contribution is -2.42. The Balaban J connectivity index is 0.970. The maximum Gasteiger partial charge on any atom is 0.0610 e. The SMILES string of the molecule is C1=CCCC(N(C2=CCC(c3ccccc3)CC2)C2=CC=C3c4ccccc4N(C4C=CC(C5=CC=C(C6CC=CCC6)CC5)=CC4)C3C2)=C1. The number of rotatable bonds is 7. The van der Waals surface area contributed by atoms with Gasteiger partial charge in [0.15, 0.2) is 0 Å². The van der Waals surface area contributed by atoms with Crippen molar-refractivity contribution >= 4 is 11.3 Å². The van der Waals surface area contributed by atoms with Crippen LogP contribution in [0.25, 0.3) is 5.57 Å². The van der Waals surface area contributed by atoms with E-state index in [4.69, 9.17) is 0 Å². The van der Waals surface area contributed by atoms with Crippen molar-refractivity contribution in [2.45, 2.75) is 95.1 Å². The van der Waals surface area contributed by atoms with Crippen molar-refractivity contribution in [1.29, 1.82) is 0 Å². The van der Waals surface area contributed by atoms with Crippen molar-refractivity contribution in [1.82, 2.24) is 4.90 Å². The number of para-hydroxylation sites is 1. The standard InChI is InChI=1S/C48H50N2/c1-4-12-35(13-5-1)37-20-22-38(23-21-37)40-26-30-43(31-27-40)50-47-19-11-10-18-45(47)46-33-32-44(34-48(46)50)49(41-16-8-3-9-17-41)42-28-24-39(25-29-42)36-14-6-2-7-15-36/h1-4,6-8,10-11,14-16,18-20,22,26-28,30,32-33,35,39,43,48H,5,9,12-13,17,21,23-25,29,31,34H2. The van der Waals surface area contributed by atoms with E-state index in [0.29, 0.717) is 18.0 Å². The predicted molar refractivity (Wildman–Crippen MR) is 210 cm³/mol. The van der Waals surface area contributed by atoms with E-state index in [-0.39, 0.29) is 0 Å². The van der Waals surface area contributed by atoms with Gasteiger partial charge >= 0.3 is 0 Å². The minimum atomic E-state index is 0.337. The largest absolute Gasteiger partial charge is 0.357 e. The number of anilines is 1. The van der Waals surface area contributed by atoms with Crippen molar-refractivity contribution in [2.24, 2.45) is 5.92 Å². The highest BCUT2D eigenvalue weighted by Crippen LogP contribution is 2.49. The summed E-state index contributed by atoms with van der Waals surface area (Å²) in [5.74, 6) is 1.37. The van der Waals surface area contributed by atoms with Gasteiger partial charge in [-0.05, 0) is 123 Å². The Morgan fingerprint density at radius 1 is 0.640 bits per heavy atom. The first-order valence-electron chi connectivity index (χ1n) is 19.4. The summed E-state index contributed by atoms with van der Waals surface area (Å²) in [5, 5.41) is 0. The van der Waals surface area contributed by atoms with Crippen molar-refractivity contribution in [3.8, 4) is 0 Å². The third kappa shape index (κ3) is 6.08. The highest BCUT2D eigenvalue weighted by molar-refractivity contribution is 5.90. The smallest absolute Gasteiger partial charge is 0.0610 e. The first kappa shape index (κ1) is 31.4. The van der Waals surface area contributed by atoms with E-state index >= 15 is 0 Å². The van der Waals surface area contributed by atoms with Gasteiger partial charge in [-0.2, -0.15) is 0 Å². The molecule has 6 aliphatic carbocycles. The number of hydrogen-bond donors (Lipinski definition) is 0. The monoisotopic (exact) mass is 654 g/mol. The molecule has 1 heterocycles. The molecular weight excluding hydrogens is 605 g/mol. The molecule has 9 rings (SSSR count). The van der Waals surface area contributed by atoms with Crippen LogP contribution in [0.2, 0.25) is 0 Å². The van der Waals surface area contributed by atoms with Crippen LogP contribution in [0.4, 0.5) is 5.69 Å². The lowest BCUT2D eigenvalue weighted by molar-refractivity contribution is 0.419. The zero-order valence-electron chi connectivity index (χ0n) is 29.4. The van der Waals surface area contributed by atoms with E-state index in [0.717, 1.165) is 44.4 Å². The van der Waals surface area contributed by atoms with E-state index in [1.807, 2.05) is 0 Å². The van der Waals surface area contributed by atoms with E-state index < -0.39 is 0 Å². The van der Waals surface area contributed by atoms with Crippen LogP contribution in [0.3, 0.4) is 0 Å². The maximum atomic E-state index is 2.76. The number of fused-ring (bicyclic) bond motifs is 3. The van der Waals surface area contributed by atoms with Gasteiger partial charge in [0.1, 0.15) is 0 Å². The van der Waals surface area contributed by atoms with Gasteiger partial charge in [0.05, 0.1) is 12.1 Å². The fourth-order valence-corrected chi connectivity index (χ4v) is 9.68. The van der Waals surface area contributed by atoms with Crippen molar-refractivity contribution < 1.29 is 0 Å². The van der Waals surface area contributed by atoms with Crippen LogP contribution in [0.15, 0.2) is 167 Å². The molecule has 252 valence electrons. The lowest BCUT2D eigenvalue weighted by atomic mass is 9.81. The Kier molecular flexibility index (Phi) is 8.79. The molecule has 1 aliphatic heterocycles. The number of allylic oxidation sites excluding steroid dienone is 16. The summed E-state index contributed by atoms with van der Waals surface area (Å²) in [6, 6.07) is 21.0. The Hall–Kier alpha value is -4.56. The third-order valence-electron chi connectivity index (χ3n) is 12.3. The molecular formula is C48H50N2. The molecule has 4 unspecified atom stereocenters. The average molecular weight is 655 g/mol. The van der Waals surface area contributed by atoms with Crippen LogP contribution in [0, 0.1) is 5.92 Å². The molecule has 0 spiro atoms. The molecule has 0 saturated carbocycles. The molecule has 0 amide bonds. The Bertz CT molecular complexity index is 1940. The van der Waals surface area contributed by atoms with Crippen LogP contribution < -0.4 is 4.90 Å². The summed E-state index contributed by atoms with van der Waals surface area (Å²) in [6.07, 6.45) is 45.4. The van der Waals surface area contributed by atoms with E-state index in [2.05, 4.69) is 143 Å². The van der Waals surface area contributed by atoms with Crippen molar-refractivity contribution in [3.63, 3.8) is 0 Å². The molecule has 2 aromatic rings. The Morgan fingerprint density at radius 3 is 2.32 bits per heavy atom. The average Bonchev–Trinajstić information content (AvgIpc) is 3.53. The maximum absolute atomic E-state index is 2.76. The minimum absolute atomic E-state index is 0.337. The minimum Gasteiger partial charge on any atom is -0.357 e. The zero-order chi connectivity index (χ0) is 33.3. The molecule has 0 aromatic heterocycles. The van der Waals surface area contributed by atoms with Gasteiger partial charge in [-0.15, -0.1) is 0 Å². The molecule has 7 aliphatic rings. The molecule has 50 heavy (non-hydrogen) atoms. The molecule has 0 saturated heterocycles. The first-order valence-corrected chi connectivity index (χ1v) is 19.4. The van der Waals surface area contributed by atoms with Gasteiger partial charge in [-0.25, -0.2) is 0 Å². The van der Waals surface area contributed by atoms with Gasteiger partial charge in [-0.3, -0.25) is 0 Å². The zero-order valence-corrected chi connectivity index (χ0v) is 29.4. The lowest BCUT2D eigenvalue weighted by Gasteiger charge is -2.41. The highest BCUT2D eigenvalue weighted by atomic mass is 15.2. The second kappa shape index (κ2) is 14.0. The van der Waals surface area contributed by atoms with E-state index in [9.17, 15) is 0 Å². The van der Waals surface area contributed by atoms with Crippen molar-refractivity contribution in [2.75, 3.05) is 4.90 Å². The number of nitrogens with zero attached hydrogens (tertiary/aromatic N) is 2. The molecule has 2 heteroatoms. The summed E-state index contributed by atoms with van der Waals surface area (Å²) in [5.41, 5.74) is 14.8. The van der Waals surface area contributed by atoms with Crippen LogP contribution >= 0.6 is 0 Å². The molecule has 0 fully saturated rings. The predicted octanol–water partition coefficient (Wildman–Crippen LogP) is 12.2. The summed E-state index contributed by atoms with van der Waals surface area (Å²) in [6.45, 7) is 0. The van der Waals surface area contributed by atoms with E-state index in [1.165, 1.54) is 89.1 Å². The normalized spacial score (nSPS) is 27.2. The summed E-state index contributed by atoms with van der Waals surface area (Å²) >= 11 is 0. The fraction of sp³-hybridized carbons (Fsp3) is 0.333. The number of hydrogen-bond acceptors (Lipinski definition) is 2. The second-order valence-corrected chi connectivity index (χ2v) is 15.2. The summed E-state index contributed by atoms with van der Waals surface area (Å²) in [7, 11) is 0. The van der Waals surface area contributed by atoms with Gasteiger partial charge < -0.3 is 9.80 Å². The van der Waals surface area contributed by atoms with Gasteiger partial charge in [-0.1, -0.05) is 121 Å². The van der Waals surface area contributed by atoms with Crippen LogP contribution in [0.1, 0.15) is 94.1 Å². The molecule has 4 atom stereocenters. The fourth-order valence-electron chi connectivity index (χ4n) is 9.68. The Labute approximate surface area is 299 Å². The highest BCUT2D eigenvalue weighted by Gasteiger charge is 2.40. The molecule has 0 N–H and O–H groups in total. The van der Waals surface area contributed by atoms with Crippen LogP contribution in [-0.4, -0.2) is 17.0 Å². The van der Waals surface area contributed by atoms with E-state index in [1.54, 1.807) is 5.57 Å². The van der Waals surface area contributed by atoms with Crippen LogP contribution in [-0.2, 0) is 0 Å². The molecule has 0 bridgehead atoms. The molecule has 2 aromatic carbocycles. The van der Waals surface area contributed by atoms with Gasteiger partial charge in [0, 0.05) is 34.8 Å². The molecule has 2 nitrogen and oxygen atoms in total. The topological polar surface area (TPSA) is 6.48 Å². The van der Waals surface area contributed by atoms with Crippen LogP contribution in [0.5, 0.6) is 0 Å².